The fourth-order valence-corrected chi connectivity index (χ4v) is 1.76. The van der Waals surface area contributed by atoms with Gasteiger partial charge in [0.15, 0.2) is 5.96 Å². The zero-order valence-electron chi connectivity index (χ0n) is 11.8. The predicted octanol–water partition coefficient (Wildman–Crippen LogP) is 2.67. The summed E-state index contributed by atoms with van der Waals surface area (Å²) in [5.74, 6) is 0.590. The summed E-state index contributed by atoms with van der Waals surface area (Å²) in [6, 6.07) is 10.8. The molecule has 0 bridgehead atoms. The third-order valence-corrected chi connectivity index (χ3v) is 3.02. The van der Waals surface area contributed by atoms with E-state index >= 15 is 0 Å². The van der Waals surface area contributed by atoms with Gasteiger partial charge in [0.25, 0.3) is 0 Å². The second-order valence-corrected chi connectivity index (χ2v) is 4.93. The molecule has 0 unspecified atom stereocenters. The SMILES string of the molecule is I.NC(=NCCCCOCc1ccccc1)NC1CC1. The second kappa shape index (κ2) is 9.99. The molecule has 1 saturated carbocycles. The summed E-state index contributed by atoms with van der Waals surface area (Å²) in [6.07, 6.45) is 4.49. The minimum atomic E-state index is 0. The van der Waals surface area contributed by atoms with Gasteiger partial charge in [0.1, 0.15) is 0 Å². The Kier molecular flexibility index (Phi) is 8.60. The lowest BCUT2D eigenvalue weighted by atomic mass is 10.2. The first-order valence-corrected chi connectivity index (χ1v) is 7.03. The number of rotatable bonds is 8. The van der Waals surface area contributed by atoms with Crippen LogP contribution in [0, 0.1) is 0 Å². The van der Waals surface area contributed by atoms with Gasteiger partial charge in [-0.2, -0.15) is 0 Å². The first kappa shape index (κ1) is 17.2. The molecule has 2 rings (SSSR count). The van der Waals surface area contributed by atoms with Crippen LogP contribution in [0.15, 0.2) is 35.3 Å². The van der Waals surface area contributed by atoms with Crippen molar-refractivity contribution in [2.75, 3.05) is 13.2 Å². The summed E-state index contributed by atoms with van der Waals surface area (Å²) in [5, 5.41) is 3.17. The molecule has 0 aromatic heterocycles. The first-order valence-electron chi connectivity index (χ1n) is 7.03. The minimum absolute atomic E-state index is 0. The number of nitrogens with zero attached hydrogens (tertiary/aromatic N) is 1. The van der Waals surface area contributed by atoms with Gasteiger partial charge in [-0.25, -0.2) is 0 Å². The number of guanidine groups is 1. The average molecular weight is 389 g/mol. The molecule has 20 heavy (non-hydrogen) atoms. The standard InChI is InChI=1S/C15H23N3O.HI/c16-15(18-14-8-9-14)17-10-4-5-11-19-12-13-6-2-1-3-7-13;/h1-3,6-7,14H,4-5,8-12H2,(H3,16,17,18);1H. The maximum atomic E-state index is 5.74. The van der Waals surface area contributed by atoms with E-state index in [9.17, 15) is 0 Å². The second-order valence-electron chi connectivity index (χ2n) is 4.93. The Morgan fingerprint density at radius 3 is 2.70 bits per heavy atom. The highest BCUT2D eigenvalue weighted by atomic mass is 127. The van der Waals surface area contributed by atoms with E-state index in [0.717, 1.165) is 26.0 Å². The topological polar surface area (TPSA) is 59.6 Å². The fraction of sp³-hybridized carbons (Fsp3) is 0.533. The van der Waals surface area contributed by atoms with Gasteiger partial charge in [-0.15, -0.1) is 24.0 Å². The number of unbranched alkanes of at least 4 members (excludes halogenated alkanes) is 1. The Labute approximate surface area is 138 Å². The molecule has 0 radical (unpaired) electrons. The van der Waals surface area contributed by atoms with Crippen LogP contribution in [0.25, 0.3) is 0 Å². The van der Waals surface area contributed by atoms with Crippen molar-refractivity contribution < 1.29 is 4.74 Å². The number of hydrogen-bond acceptors (Lipinski definition) is 2. The molecule has 0 atom stereocenters. The summed E-state index contributed by atoms with van der Waals surface area (Å²) >= 11 is 0. The van der Waals surface area contributed by atoms with Crippen LogP contribution >= 0.6 is 24.0 Å². The van der Waals surface area contributed by atoms with E-state index in [0.29, 0.717) is 18.6 Å². The molecule has 1 fully saturated rings. The van der Waals surface area contributed by atoms with Crippen molar-refractivity contribution in [1.29, 1.82) is 0 Å². The lowest BCUT2D eigenvalue weighted by Gasteiger charge is -2.04. The monoisotopic (exact) mass is 389 g/mol. The molecule has 0 heterocycles. The molecular formula is C15H24IN3O. The van der Waals surface area contributed by atoms with Crippen LogP contribution in [-0.4, -0.2) is 25.2 Å². The van der Waals surface area contributed by atoms with Gasteiger partial charge in [-0.3, -0.25) is 4.99 Å². The van der Waals surface area contributed by atoms with Crippen LogP contribution in [0.3, 0.4) is 0 Å². The third kappa shape index (κ3) is 7.69. The minimum Gasteiger partial charge on any atom is -0.377 e. The van der Waals surface area contributed by atoms with Gasteiger partial charge in [0, 0.05) is 19.2 Å². The molecule has 1 aromatic rings. The molecule has 0 aliphatic heterocycles. The number of ether oxygens (including phenoxy) is 1. The largest absolute Gasteiger partial charge is 0.377 e. The Morgan fingerprint density at radius 1 is 1.25 bits per heavy atom. The van der Waals surface area contributed by atoms with Gasteiger partial charge in [0.2, 0.25) is 0 Å². The number of nitrogens with one attached hydrogen (secondary N) is 1. The number of benzene rings is 1. The molecule has 1 aromatic carbocycles. The lowest BCUT2D eigenvalue weighted by molar-refractivity contribution is 0.117. The van der Waals surface area contributed by atoms with Crippen molar-refractivity contribution in [3.63, 3.8) is 0 Å². The highest BCUT2D eigenvalue weighted by Gasteiger charge is 2.21. The zero-order chi connectivity index (χ0) is 13.3. The fourth-order valence-electron chi connectivity index (χ4n) is 1.76. The molecule has 3 N–H and O–H groups in total. The van der Waals surface area contributed by atoms with Crippen LogP contribution in [0.1, 0.15) is 31.2 Å². The third-order valence-electron chi connectivity index (χ3n) is 3.02. The van der Waals surface area contributed by atoms with Crippen LogP contribution in [0.5, 0.6) is 0 Å². The van der Waals surface area contributed by atoms with Crippen LogP contribution in [-0.2, 0) is 11.3 Å². The van der Waals surface area contributed by atoms with E-state index < -0.39 is 0 Å². The van der Waals surface area contributed by atoms with Crippen molar-refractivity contribution >= 4 is 29.9 Å². The van der Waals surface area contributed by atoms with Crippen molar-refractivity contribution in [3.8, 4) is 0 Å². The molecule has 112 valence electrons. The normalized spacial score (nSPS) is 14.7. The molecular weight excluding hydrogens is 365 g/mol. The number of hydrogen-bond donors (Lipinski definition) is 2. The molecule has 1 aliphatic rings. The summed E-state index contributed by atoms with van der Waals surface area (Å²) < 4.78 is 5.61. The highest BCUT2D eigenvalue weighted by molar-refractivity contribution is 14.0. The van der Waals surface area contributed by atoms with Crippen molar-refractivity contribution in [2.45, 2.75) is 38.3 Å². The molecule has 1 aliphatic carbocycles. The van der Waals surface area contributed by atoms with Gasteiger partial charge in [0.05, 0.1) is 6.61 Å². The highest BCUT2D eigenvalue weighted by Crippen LogP contribution is 2.17. The zero-order valence-corrected chi connectivity index (χ0v) is 14.1. The Balaban J connectivity index is 0.00000200. The lowest BCUT2D eigenvalue weighted by Crippen LogP contribution is -2.33. The maximum Gasteiger partial charge on any atom is 0.188 e. The van der Waals surface area contributed by atoms with E-state index in [1.165, 1.54) is 18.4 Å². The number of aliphatic imine (C=N–C) groups is 1. The van der Waals surface area contributed by atoms with Gasteiger partial charge in [-0.05, 0) is 31.2 Å². The number of halogens is 1. The first-order chi connectivity index (χ1) is 9.34. The van der Waals surface area contributed by atoms with Gasteiger partial charge >= 0.3 is 0 Å². The van der Waals surface area contributed by atoms with Crippen molar-refractivity contribution in [2.24, 2.45) is 10.7 Å². The average Bonchev–Trinajstić information content (AvgIpc) is 3.23. The van der Waals surface area contributed by atoms with Crippen LogP contribution in [0.4, 0.5) is 0 Å². The molecule has 5 heteroatoms. The Bertz CT molecular complexity index is 393. The molecule has 0 amide bonds. The van der Waals surface area contributed by atoms with E-state index in [2.05, 4.69) is 22.4 Å². The van der Waals surface area contributed by atoms with E-state index in [4.69, 9.17) is 10.5 Å². The van der Waals surface area contributed by atoms with Crippen LogP contribution in [0.2, 0.25) is 0 Å². The number of nitrogens with two attached hydrogens (primary N) is 1. The van der Waals surface area contributed by atoms with E-state index in [1.807, 2.05) is 18.2 Å². The Hall–Kier alpha value is -0.820. The Morgan fingerprint density at radius 2 is 2.00 bits per heavy atom. The quantitative estimate of drug-likeness (QED) is 0.311. The van der Waals surface area contributed by atoms with E-state index in [-0.39, 0.29) is 24.0 Å². The van der Waals surface area contributed by atoms with Crippen LogP contribution < -0.4 is 11.1 Å². The molecule has 0 saturated heterocycles. The van der Waals surface area contributed by atoms with Gasteiger partial charge in [-0.1, -0.05) is 30.3 Å². The summed E-state index contributed by atoms with van der Waals surface area (Å²) in [4.78, 5) is 4.29. The summed E-state index contributed by atoms with van der Waals surface area (Å²) in [6.45, 7) is 2.25. The van der Waals surface area contributed by atoms with Crippen molar-refractivity contribution in [1.82, 2.24) is 5.32 Å². The summed E-state index contributed by atoms with van der Waals surface area (Å²) in [7, 11) is 0. The maximum absolute atomic E-state index is 5.74. The molecule has 0 spiro atoms. The van der Waals surface area contributed by atoms with Gasteiger partial charge < -0.3 is 15.8 Å². The summed E-state index contributed by atoms with van der Waals surface area (Å²) in [5.41, 5.74) is 6.96. The van der Waals surface area contributed by atoms with E-state index in [1.54, 1.807) is 0 Å². The predicted molar refractivity (Wildman–Crippen MR) is 93.4 cm³/mol. The van der Waals surface area contributed by atoms with Crippen molar-refractivity contribution in [3.05, 3.63) is 35.9 Å². The smallest absolute Gasteiger partial charge is 0.188 e. The molecule has 4 nitrogen and oxygen atoms in total.